The van der Waals surface area contributed by atoms with Crippen molar-refractivity contribution in [1.29, 1.82) is 0 Å². The molecule has 0 radical (unpaired) electrons. The van der Waals surface area contributed by atoms with Gasteiger partial charge in [-0.3, -0.25) is 14.3 Å². The topological polar surface area (TPSA) is 60.7 Å². The minimum absolute atomic E-state index is 0.122. The van der Waals surface area contributed by atoms with Crippen molar-refractivity contribution < 1.29 is 4.79 Å². The number of hydrogen-bond acceptors (Lipinski definition) is 5. The lowest BCUT2D eigenvalue weighted by molar-refractivity contribution is 0.102. The Hall–Kier alpha value is -3.25. The van der Waals surface area contributed by atoms with Crippen molar-refractivity contribution in [2.24, 2.45) is 5.92 Å². The van der Waals surface area contributed by atoms with E-state index in [1.54, 1.807) is 6.20 Å². The van der Waals surface area contributed by atoms with Crippen LogP contribution in [-0.4, -0.2) is 31.3 Å². The third-order valence-electron chi connectivity index (χ3n) is 7.43. The SMILES string of the molecule is CC1CCCCC1n1c(SCC(=O)c2ccc3c(c2)-c2ccccc2C3)nnc1-c1cccnc1. The second-order valence-corrected chi connectivity index (χ2v) is 10.6. The van der Waals surface area contributed by atoms with E-state index in [0.29, 0.717) is 17.7 Å². The summed E-state index contributed by atoms with van der Waals surface area (Å²) in [6, 6.07) is 18.9. The normalized spacial score (nSPS) is 18.8. The Bertz CT molecular complexity index is 1380. The number of aromatic nitrogens is 4. The van der Waals surface area contributed by atoms with Gasteiger partial charge in [0.15, 0.2) is 16.8 Å². The van der Waals surface area contributed by atoms with Gasteiger partial charge >= 0.3 is 0 Å². The molecule has 0 aliphatic heterocycles. The van der Waals surface area contributed by atoms with Crippen molar-refractivity contribution in [2.45, 2.75) is 50.2 Å². The van der Waals surface area contributed by atoms with Crippen LogP contribution in [0.15, 0.2) is 72.1 Å². The molecule has 2 aromatic heterocycles. The van der Waals surface area contributed by atoms with Gasteiger partial charge in [-0.25, -0.2) is 0 Å². The number of fused-ring (bicyclic) bond motifs is 3. The van der Waals surface area contributed by atoms with E-state index in [1.807, 2.05) is 24.4 Å². The van der Waals surface area contributed by atoms with Crippen molar-refractivity contribution in [1.82, 2.24) is 19.7 Å². The lowest BCUT2D eigenvalue weighted by Crippen LogP contribution is -2.22. The van der Waals surface area contributed by atoms with E-state index in [9.17, 15) is 4.79 Å². The molecule has 6 heteroatoms. The zero-order chi connectivity index (χ0) is 23.8. The van der Waals surface area contributed by atoms with Crippen molar-refractivity contribution in [3.8, 4) is 22.5 Å². The van der Waals surface area contributed by atoms with Gasteiger partial charge in [0.1, 0.15) is 0 Å². The van der Waals surface area contributed by atoms with Gasteiger partial charge in [-0.1, -0.05) is 67.9 Å². The Kier molecular flexibility index (Phi) is 5.98. The largest absolute Gasteiger partial charge is 0.299 e. The lowest BCUT2D eigenvalue weighted by Gasteiger charge is -2.31. The molecule has 0 N–H and O–H groups in total. The summed E-state index contributed by atoms with van der Waals surface area (Å²) in [4.78, 5) is 17.6. The van der Waals surface area contributed by atoms with Crippen LogP contribution in [0.2, 0.25) is 0 Å². The summed E-state index contributed by atoms with van der Waals surface area (Å²) in [5, 5.41) is 9.93. The molecule has 35 heavy (non-hydrogen) atoms. The van der Waals surface area contributed by atoms with Crippen LogP contribution in [0.3, 0.4) is 0 Å². The fourth-order valence-electron chi connectivity index (χ4n) is 5.56. The van der Waals surface area contributed by atoms with E-state index in [0.717, 1.165) is 34.9 Å². The Labute approximate surface area is 210 Å². The summed E-state index contributed by atoms with van der Waals surface area (Å²) in [6.07, 6.45) is 9.35. The lowest BCUT2D eigenvalue weighted by atomic mass is 9.85. The van der Waals surface area contributed by atoms with Crippen molar-refractivity contribution in [3.63, 3.8) is 0 Å². The van der Waals surface area contributed by atoms with E-state index in [4.69, 9.17) is 0 Å². The number of carbonyl (C=O) groups is 1. The first-order chi connectivity index (χ1) is 17.2. The van der Waals surface area contributed by atoms with Crippen molar-refractivity contribution in [3.05, 3.63) is 83.7 Å². The van der Waals surface area contributed by atoms with Crippen LogP contribution in [0, 0.1) is 5.92 Å². The molecule has 2 aliphatic carbocycles. The van der Waals surface area contributed by atoms with Gasteiger partial charge in [-0.05, 0) is 65.6 Å². The van der Waals surface area contributed by atoms with Crippen LogP contribution in [0.25, 0.3) is 22.5 Å². The number of pyridine rings is 1. The highest BCUT2D eigenvalue weighted by Gasteiger charge is 2.29. The Morgan fingerprint density at radius 2 is 1.86 bits per heavy atom. The summed E-state index contributed by atoms with van der Waals surface area (Å²) < 4.78 is 2.28. The molecule has 2 atom stereocenters. The molecular weight excluding hydrogens is 452 g/mol. The molecule has 0 saturated heterocycles. The van der Waals surface area contributed by atoms with E-state index in [1.165, 1.54) is 53.3 Å². The second kappa shape index (κ2) is 9.42. The third-order valence-corrected chi connectivity index (χ3v) is 8.38. The standard InChI is InChI=1S/C29H28N4OS/c1-19-7-2-5-11-26(19)33-28(23-9-6-14-30-17-23)31-32-29(33)35-18-27(34)22-13-12-21-15-20-8-3-4-10-24(20)25(21)16-22/h3-4,6,8-10,12-14,16-17,19,26H,2,5,7,11,15,18H2,1H3. The number of ketones is 1. The van der Waals surface area contributed by atoms with Gasteiger partial charge in [0.05, 0.1) is 5.75 Å². The smallest absolute Gasteiger partial charge is 0.192 e. The molecule has 5 nitrogen and oxygen atoms in total. The number of hydrogen-bond donors (Lipinski definition) is 0. The molecule has 0 spiro atoms. The minimum atomic E-state index is 0.122. The van der Waals surface area contributed by atoms with Crippen molar-refractivity contribution in [2.75, 3.05) is 5.75 Å². The summed E-state index contributed by atoms with van der Waals surface area (Å²) >= 11 is 1.50. The molecule has 176 valence electrons. The van der Waals surface area contributed by atoms with Gasteiger partial charge in [-0.2, -0.15) is 0 Å². The van der Waals surface area contributed by atoms with Crippen LogP contribution in [0.5, 0.6) is 0 Å². The van der Waals surface area contributed by atoms with Crippen LogP contribution >= 0.6 is 11.8 Å². The molecule has 0 bridgehead atoms. The Morgan fingerprint density at radius 3 is 2.71 bits per heavy atom. The molecule has 1 saturated carbocycles. The van der Waals surface area contributed by atoms with Crippen molar-refractivity contribution >= 4 is 17.5 Å². The number of nitrogens with zero attached hydrogens (tertiary/aromatic N) is 4. The maximum absolute atomic E-state index is 13.3. The average Bonchev–Trinajstić information content (AvgIpc) is 3.49. The maximum atomic E-state index is 13.3. The van der Waals surface area contributed by atoms with Crippen LogP contribution in [-0.2, 0) is 6.42 Å². The first-order valence-electron chi connectivity index (χ1n) is 12.4. The summed E-state index contributed by atoms with van der Waals surface area (Å²) in [6.45, 7) is 2.32. The highest BCUT2D eigenvalue weighted by Crippen LogP contribution is 2.40. The van der Waals surface area contributed by atoms with Crippen LogP contribution < -0.4 is 0 Å². The zero-order valence-electron chi connectivity index (χ0n) is 19.9. The molecule has 4 aromatic rings. The molecule has 2 aromatic carbocycles. The first kappa shape index (κ1) is 22.2. The maximum Gasteiger partial charge on any atom is 0.192 e. The molecule has 2 unspecified atom stereocenters. The first-order valence-corrected chi connectivity index (χ1v) is 13.4. The van der Waals surface area contributed by atoms with E-state index in [-0.39, 0.29) is 5.78 Å². The van der Waals surface area contributed by atoms with Gasteiger partial charge < -0.3 is 0 Å². The van der Waals surface area contributed by atoms with Gasteiger partial charge in [0, 0.05) is 29.6 Å². The second-order valence-electron chi connectivity index (χ2n) is 9.66. The summed E-state index contributed by atoms with van der Waals surface area (Å²) in [5.41, 5.74) is 6.79. The fraction of sp³-hybridized carbons (Fsp3) is 0.310. The monoisotopic (exact) mass is 480 g/mol. The molecule has 0 amide bonds. The van der Waals surface area contributed by atoms with Crippen LogP contribution in [0.1, 0.15) is 60.1 Å². The molecular formula is C29H28N4OS. The van der Waals surface area contributed by atoms with Gasteiger partial charge in [0.2, 0.25) is 0 Å². The minimum Gasteiger partial charge on any atom is -0.299 e. The third kappa shape index (κ3) is 4.20. The Balaban J connectivity index is 1.27. The van der Waals surface area contributed by atoms with E-state index in [2.05, 4.69) is 63.1 Å². The number of Topliss-reactive ketones (excluding diaryl/α,β-unsaturated/α-hetero) is 1. The molecule has 6 rings (SSSR count). The molecule has 2 heterocycles. The Morgan fingerprint density at radius 1 is 1.00 bits per heavy atom. The predicted molar refractivity (Wildman–Crippen MR) is 140 cm³/mol. The average molecular weight is 481 g/mol. The number of thioether (sulfide) groups is 1. The quantitative estimate of drug-likeness (QED) is 0.201. The fourth-order valence-corrected chi connectivity index (χ4v) is 6.44. The predicted octanol–water partition coefficient (Wildman–Crippen LogP) is 6.64. The highest BCUT2D eigenvalue weighted by atomic mass is 32.2. The molecule has 2 aliphatic rings. The van der Waals surface area contributed by atoms with E-state index < -0.39 is 0 Å². The number of rotatable bonds is 6. The summed E-state index contributed by atoms with van der Waals surface area (Å²) in [5.74, 6) is 1.85. The molecule has 1 fully saturated rings. The van der Waals surface area contributed by atoms with Gasteiger partial charge in [-0.15, -0.1) is 10.2 Å². The van der Waals surface area contributed by atoms with Gasteiger partial charge in [0.25, 0.3) is 0 Å². The summed E-state index contributed by atoms with van der Waals surface area (Å²) in [7, 11) is 0. The highest BCUT2D eigenvalue weighted by molar-refractivity contribution is 7.99. The van der Waals surface area contributed by atoms with Crippen LogP contribution in [0.4, 0.5) is 0 Å². The number of benzene rings is 2. The van der Waals surface area contributed by atoms with E-state index >= 15 is 0 Å². The number of carbonyl (C=O) groups excluding carboxylic acids is 1. The zero-order valence-corrected chi connectivity index (χ0v) is 20.7.